The number of allylic oxidation sites excluding steroid dienone is 2. The van der Waals surface area contributed by atoms with Gasteiger partial charge in [-0.05, 0) is 61.1 Å². The Morgan fingerprint density at radius 1 is 0.750 bits per heavy atom. The minimum Gasteiger partial charge on any atom is -0.426 e. The molecule has 2 aromatic rings. The molecule has 0 fully saturated rings. The van der Waals surface area contributed by atoms with Gasteiger partial charge in [0, 0.05) is 35.7 Å². The van der Waals surface area contributed by atoms with Crippen molar-refractivity contribution in [2.45, 2.75) is 38.5 Å². The maximum Gasteiger partial charge on any atom is 0.311 e. The number of hydrogen-bond acceptors (Lipinski definition) is 4. The van der Waals surface area contributed by atoms with E-state index in [1.165, 1.54) is 0 Å². The lowest BCUT2D eigenvalue weighted by Gasteiger charge is -2.16. The number of carbonyl (C=O) groups is 2. The first-order chi connectivity index (χ1) is 15.5. The molecular formula is C26H28Cl2O4. The van der Waals surface area contributed by atoms with Crippen LogP contribution in [0.2, 0.25) is 0 Å². The Kier molecular flexibility index (Phi) is 11.1. The number of carbonyl (C=O) groups excluding carboxylic acids is 2. The molecule has 0 amide bonds. The highest BCUT2D eigenvalue weighted by atomic mass is 35.5. The molecule has 0 aromatic heterocycles. The Hall–Kier alpha value is -2.56. The van der Waals surface area contributed by atoms with Gasteiger partial charge in [-0.25, -0.2) is 0 Å². The third-order valence-electron chi connectivity index (χ3n) is 4.61. The van der Waals surface area contributed by atoms with Crippen molar-refractivity contribution < 1.29 is 19.1 Å². The van der Waals surface area contributed by atoms with Gasteiger partial charge < -0.3 is 9.47 Å². The van der Waals surface area contributed by atoms with E-state index in [4.69, 9.17) is 32.7 Å². The Bertz CT molecular complexity index is 875. The molecule has 32 heavy (non-hydrogen) atoms. The topological polar surface area (TPSA) is 52.6 Å². The van der Waals surface area contributed by atoms with Crippen LogP contribution in [0.5, 0.6) is 11.5 Å². The van der Waals surface area contributed by atoms with Crippen LogP contribution in [0.1, 0.15) is 36.8 Å². The average Bonchev–Trinajstić information content (AvgIpc) is 2.78. The van der Waals surface area contributed by atoms with Crippen molar-refractivity contribution in [3.8, 4) is 22.6 Å². The molecule has 0 aliphatic heterocycles. The summed E-state index contributed by atoms with van der Waals surface area (Å²) in [5.74, 6) is 0.813. The van der Waals surface area contributed by atoms with Crippen molar-refractivity contribution in [1.29, 1.82) is 0 Å². The van der Waals surface area contributed by atoms with E-state index in [1.807, 2.05) is 24.3 Å². The summed E-state index contributed by atoms with van der Waals surface area (Å²) in [7, 11) is 0. The fourth-order valence-electron chi connectivity index (χ4n) is 3.11. The maximum absolute atomic E-state index is 12.3. The summed E-state index contributed by atoms with van der Waals surface area (Å²) in [6.07, 6.45) is 6.38. The fraction of sp³-hybridized carbons (Fsp3) is 0.308. The molecule has 0 saturated carbocycles. The largest absolute Gasteiger partial charge is 0.426 e. The fourth-order valence-corrected chi connectivity index (χ4v) is 3.38. The Balaban J connectivity index is 2.54. The summed E-state index contributed by atoms with van der Waals surface area (Å²) < 4.78 is 11.3. The van der Waals surface area contributed by atoms with Crippen molar-refractivity contribution in [2.75, 3.05) is 11.8 Å². The summed E-state index contributed by atoms with van der Waals surface area (Å²) >= 11 is 11.4. The summed E-state index contributed by atoms with van der Waals surface area (Å²) in [5.41, 5.74) is 3.30. The number of alkyl halides is 2. The van der Waals surface area contributed by atoms with Gasteiger partial charge in [-0.3, -0.25) is 9.59 Å². The summed E-state index contributed by atoms with van der Waals surface area (Å²) in [6.45, 7) is 7.60. The van der Waals surface area contributed by atoms with E-state index < -0.39 is 0 Å². The van der Waals surface area contributed by atoms with E-state index >= 15 is 0 Å². The van der Waals surface area contributed by atoms with Crippen LogP contribution in [-0.4, -0.2) is 23.7 Å². The molecule has 6 heteroatoms. The highest BCUT2D eigenvalue weighted by molar-refractivity contribution is 6.18. The SMILES string of the molecule is C=CCc1ccc(OC(=O)CCCCl)c(-c2cc(CC=C)ccc2OC(=O)CCCCl)c1. The van der Waals surface area contributed by atoms with Crippen LogP contribution in [0, 0.1) is 0 Å². The summed E-state index contributed by atoms with van der Waals surface area (Å²) in [5, 5.41) is 0. The van der Waals surface area contributed by atoms with Gasteiger partial charge in [0.15, 0.2) is 0 Å². The third-order valence-corrected chi connectivity index (χ3v) is 5.15. The molecule has 0 heterocycles. The highest BCUT2D eigenvalue weighted by Gasteiger charge is 2.18. The van der Waals surface area contributed by atoms with Crippen LogP contribution in [0.3, 0.4) is 0 Å². The average molecular weight is 475 g/mol. The number of ether oxygens (including phenoxy) is 2. The van der Waals surface area contributed by atoms with E-state index in [0.29, 0.717) is 60.1 Å². The van der Waals surface area contributed by atoms with Crippen LogP contribution >= 0.6 is 23.2 Å². The van der Waals surface area contributed by atoms with Gasteiger partial charge in [-0.15, -0.1) is 36.4 Å². The zero-order valence-electron chi connectivity index (χ0n) is 18.1. The van der Waals surface area contributed by atoms with Gasteiger partial charge in [-0.1, -0.05) is 24.3 Å². The lowest BCUT2D eigenvalue weighted by Crippen LogP contribution is -2.10. The van der Waals surface area contributed by atoms with Gasteiger partial charge >= 0.3 is 11.9 Å². The van der Waals surface area contributed by atoms with E-state index in [1.54, 1.807) is 24.3 Å². The van der Waals surface area contributed by atoms with E-state index in [9.17, 15) is 9.59 Å². The molecule has 2 aromatic carbocycles. The Labute approximate surface area is 199 Å². The van der Waals surface area contributed by atoms with Gasteiger partial charge in [0.05, 0.1) is 0 Å². The normalized spacial score (nSPS) is 10.4. The van der Waals surface area contributed by atoms with Gasteiger partial charge in [0.1, 0.15) is 11.5 Å². The molecule has 0 N–H and O–H groups in total. The molecule has 0 aliphatic rings. The molecule has 0 spiro atoms. The minimum absolute atomic E-state index is 0.216. The van der Waals surface area contributed by atoms with Crippen molar-refractivity contribution in [1.82, 2.24) is 0 Å². The standard InChI is InChI=1S/C26H28Cl2O4/c1-3-7-19-11-13-23(31-25(29)9-5-15-27)21(17-19)22-18-20(8-4-2)12-14-24(22)32-26(30)10-6-16-28/h3-4,11-14,17-18H,1-2,5-10,15-16H2. The Morgan fingerprint density at radius 2 is 1.16 bits per heavy atom. The molecule has 2 rings (SSSR count). The number of hydrogen-bond donors (Lipinski definition) is 0. The third kappa shape index (κ3) is 7.85. The van der Waals surface area contributed by atoms with Crippen molar-refractivity contribution >= 4 is 35.1 Å². The van der Waals surface area contributed by atoms with Crippen LogP contribution in [-0.2, 0) is 22.4 Å². The summed E-state index contributed by atoms with van der Waals surface area (Å²) in [4.78, 5) is 24.6. The molecular weight excluding hydrogens is 447 g/mol. The minimum atomic E-state index is -0.369. The quantitative estimate of drug-likeness (QED) is 0.141. The molecule has 0 unspecified atom stereocenters. The number of benzene rings is 2. The number of halogens is 2. The van der Waals surface area contributed by atoms with Crippen LogP contribution < -0.4 is 9.47 Å². The first kappa shape index (κ1) is 25.7. The lowest BCUT2D eigenvalue weighted by atomic mass is 9.97. The van der Waals surface area contributed by atoms with Crippen LogP contribution in [0.15, 0.2) is 61.7 Å². The lowest BCUT2D eigenvalue weighted by molar-refractivity contribution is -0.135. The monoisotopic (exact) mass is 474 g/mol. The second kappa shape index (κ2) is 13.8. The zero-order valence-corrected chi connectivity index (χ0v) is 19.6. The second-order valence-electron chi connectivity index (χ2n) is 7.18. The van der Waals surface area contributed by atoms with Crippen molar-refractivity contribution in [3.05, 3.63) is 72.8 Å². The van der Waals surface area contributed by atoms with Crippen molar-refractivity contribution in [2.24, 2.45) is 0 Å². The molecule has 0 bridgehead atoms. The first-order valence-corrected chi connectivity index (χ1v) is 11.6. The van der Waals surface area contributed by atoms with E-state index in [0.717, 1.165) is 11.1 Å². The number of rotatable bonds is 13. The zero-order chi connectivity index (χ0) is 23.3. The molecule has 4 nitrogen and oxygen atoms in total. The van der Waals surface area contributed by atoms with E-state index in [-0.39, 0.29) is 24.8 Å². The van der Waals surface area contributed by atoms with Gasteiger partial charge in [0.25, 0.3) is 0 Å². The number of esters is 2. The van der Waals surface area contributed by atoms with Gasteiger partial charge in [-0.2, -0.15) is 0 Å². The summed E-state index contributed by atoms with van der Waals surface area (Å²) in [6, 6.07) is 11.1. The van der Waals surface area contributed by atoms with E-state index in [2.05, 4.69) is 13.2 Å². The molecule has 170 valence electrons. The predicted octanol–water partition coefficient (Wildman–Crippen LogP) is 6.66. The molecule has 0 saturated heterocycles. The predicted molar refractivity (Wildman–Crippen MR) is 131 cm³/mol. The molecule has 0 radical (unpaired) electrons. The smallest absolute Gasteiger partial charge is 0.311 e. The van der Waals surface area contributed by atoms with Gasteiger partial charge in [0.2, 0.25) is 0 Å². The molecule has 0 aliphatic carbocycles. The Morgan fingerprint density at radius 3 is 1.50 bits per heavy atom. The second-order valence-corrected chi connectivity index (χ2v) is 7.94. The van der Waals surface area contributed by atoms with Crippen molar-refractivity contribution in [3.63, 3.8) is 0 Å². The first-order valence-electron chi connectivity index (χ1n) is 10.5. The molecule has 0 atom stereocenters. The van der Waals surface area contributed by atoms with Crippen LogP contribution in [0.4, 0.5) is 0 Å². The maximum atomic E-state index is 12.3. The highest BCUT2D eigenvalue weighted by Crippen LogP contribution is 2.39. The van der Waals surface area contributed by atoms with Crippen LogP contribution in [0.25, 0.3) is 11.1 Å².